The van der Waals surface area contributed by atoms with E-state index in [0.29, 0.717) is 0 Å². The number of fused-ring (bicyclic) bond motifs is 2. The monoisotopic (exact) mass is 367 g/mol. The number of carbonyl (C=O) groups excluding carboxylic acids is 1. The fourth-order valence-electron chi connectivity index (χ4n) is 4.54. The zero-order valence-electron chi connectivity index (χ0n) is 15.9. The summed E-state index contributed by atoms with van der Waals surface area (Å²) in [6.45, 7) is 2.45. The molecule has 2 aliphatic rings. The van der Waals surface area contributed by atoms with Crippen LogP contribution in [0.25, 0.3) is 0 Å². The predicted octanol–water partition coefficient (Wildman–Crippen LogP) is 3.41. The summed E-state index contributed by atoms with van der Waals surface area (Å²) < 4.78 is 13.3. The molecule has 142 valence electrons. The second-order valence-corrected chi connectivity index (χ2v) is 7.92. The summed E-state index contributed by atoms with van der Waals surface area (Å²) in [7, 11) is 3.79. The van der Waals surface area contributed by atoms with Crippen molar-refractivity contribution in [2.24, 2.45) is 0 Å². The van der Waals surface area contributed by atoms with Gasteiger partial charge < -0.3 is 10.2 Å². The lowest BCUT2D eigenvalue weighted by atomic mass is 9.74. The maximum absolute atomic E-state index is 13.3. The van der Waals surface area contributed by atoms with Crippen molar-refractivity contribution in [3.63, 3.8) is 0 Å². The van der Waals surface area contributed by atoms with Crippen molar-refractivity contribution in [3.05, 3.63) is 65.5 Å². The molecule has 1 atom stereocenters. The largest absolute Gasteiger partial charge is 0.384 e. The van der Waals surface area contributed by atoms with Crippen molar-refractivity contribution >= 4 is 11.6 Å². The molecule has 1 fully saturated rings. The van der Waals surface area contributed by atoms with Gasteiger partial charge in [-0.2, -0.15) is 0 Å². The van der Waals surface area contributed by atoms with Gasteiger partial charge in [-0.15, -0.1) is 0 Å². The fraction of sp³-hybridized carbons (Fsp3) is 0.409. The maximum atomic E-state index is 13.3. The minimum atomic E-state index is -0.381. The highest BCUT2D eigenvalue weighted by atomic mass is 19.1. The Morgan fingerprint density at radius 3 is 2.44 bits per heavy atom. The number of nitrogens with zero attached hydrogens (tertiary/aromatic N) is 2. The minimum Gasteiger partial charge on any atom is -0.384 e. The molecule has 0 aromatic heterocycles. The normalized spacial score (nSPS) is 19.0. The number of para-hydroxylation sites is 1. The molecule has 2 aliphatic heterocycles. The molecule has 5 heteroatoms. The van der Waals surface area contributed by atoms with Crippen LogP contribution < -0.4 is 5.32 Å². The summed E-state index contributed by atoms with van der Waals surface area (Å²) in [6, 6.07) is 14.4. The zero-order valence-corrected chi connectivity index (χ0v) is 15.9. The topological polar surface area (TPSA) is 35.6 Å². The van der Waals surface area contributed by atoms with Gasteiger partial charge in [0.15, 0.2) is 0 Å². The van der Waals surface area contributed by atoms with E-state index in [4.69, 9.17) is 0 Å². The van der Waals surface area contributed by atoms with E-state index in [1.807, 2.05) is 23.9 Å². The minimum absolute atomic E-state index is 0.0979. The molecule has 2 aromatic carbocycles. The Kier molecular flexibility index (Phi) is 4.64. The standard InChI is InChI=1S/C22H26FN3O/c1-25(2)20(16-7-9-17(23)10-8-16)21(27)26-13-11-22(12-14-26)15-24-19-6-4-3-5-18(19)22/h3-10,20,24H,11-15H2,1-2H3/t20-/m0/s1. The molecule has 0 bridgehead atoms. The fourth-order valence-corrected chi connectivity index (χ4v) is 4.54. The highest BCUT2D eigenvalue weighted by molar-refractivity contribution is 5.83. The number of nitrogens with one attached hydrogen (secondary N) is 1. The molecule has 4 nitrogen and oxygen atoms in total. The maximum Gasteiger partial charge on any atom is 0.244 e. The van der Waals surface area contributed by atoms with Crippen LogP contribution in [0, 0.1) is 5.82 Å². The summed E-state index contributed by atoms with van der Waals surface area (Å²) >= 11 is 0. The average Bonchev–Trinajstić information content (AvgIpc) is 3.02. The van der Waals surface area contributed by atoms with Gasteiger partial charge in [0.1, 0.15) is 11.9 Å². The van der Waals surface area contributed by atoms with Crippen LogP contribution in [-0.2, 0) is 10.2 Å². The lowest BCUT2D eigenvalue weighted by Gasteiger charge is -2.41. The van der Waals surface area contributed by atoms with E-state index in [-0.39, 0.29) is 23.2 Å². The van der Waals surface area contributed by atoms with E-state index >= 15 is 0 Å². The number of halogens is 1. The molecule has 1 amide bonds. The average molecular weight is 367 g/mol. The smallest absolute Gasteiger partial charge is 0.244 e. The first kappa shape index (κ1) is 18.0. The summed E-state index contributed by atoms with van der Waals surface area (Å²) in [5.41, 5.74) is 3.59. The zero-order chi connectivity index (χ0) is 19.0. The van der Waals surface area contributed by atoms with Gasteiger partial charge in [0, 0.05) is 30.7 Å². The number of likely N-dealkylation sites (N-methyl/N-ethyl adjacent to an activating group) is 1. The Bertz CT molecular complexity index is 826. The van der Waals surface area contributed by atoms with Crippen LogP contribution >= 0.6 is 0 Å². The Morgan fingerprint density at radius 2 is 1.78 bits per heavy atom. The first-order valence-electron chi connectivity index (χ1n) is 9.54. The molecule has 0 saturated carbocycles. The van der Waals surface area contributed by atoms with Gasteiger partial charge in [0.05, 0.1) is 0 Å². The molecule has 0 radical (unpaired) electrons. The number of likely N-dealkylation sites (tertiary alicyclic amines) is 1. The van der Waals surface area contributed by atoms with Crippen LogP contribution in [0.2, 0.25) is 0 Å². The van der Waals surface area contributed by atoms with E-state index in [1.165, 1.54) is 23.4 Å². The molecule has 2 heterocycles. The van der Waals surface area contributed by atoms with Gasteiger partial charge in [-0.1, -0.05) is 30.3 Å². The van der Waals surface area contributed by atoms with E-state index in [9.17, 15) is 9.18 Å². The lowest BCUT2D eigenvalue weighted by molar-refractivity contribution is -0.138. The Hall–Kier alpha value is -2.40. The van der Waals surface area contributed by atoms with Crippen LogP contribution in [0.4, 0.5) is 10.1 Å². The van der Waals surface area contributed by atoms with E-state index in [0.717, 1.165) is 38.0 Å². The third kappa shape index (κ3) is 3.21. The first-order chi connectivity index (χ1) is 13.0. The molecule has 1 spiro atoms. The second kappa shape index (κ2) is 6.97. The van der Waals surface area contributed by atoms with Crippen LogP contribution in [0.3, 0.4) is 0 Å². The molecule has 27 heavy (non-hydrogen) atoms. The van der Waals surface area contributed by atoms with Crippen molar-refractivity contribution in [2.75, 3.05) is 39.0 Å². The number of amides is 1. The van der Waals surface area contributed by atoms with Gasteiger partial charge in [-0.05, 0) is 56.3 Å². The third-order valence-corrected chi connectivity index (χ3v) is 6.08. The van der Waals surface area contributed by atoms with Crippen molar-refractivity contribution in [2.45, 2.75) is 24.3 Å². The first-order valence-corrected chi connectivity index (χ1v) is 9.54. The van der Waals surface area contributed by atoms with Gasteiger partial charge in [0.2, 0.25) is 5.91 Å². The predicted molar refractivity (Wildman–Crippen MR) is 105 cm³/mol. The number of piperidine rings is 1. The number of hydrogen-bond donors (Lipinski definition) is 1. The molecule has 4 rings (SSSR count). The molecule has 2 aromatic rings. The quantitative estimate of drug-likeness (QED) is 0.903. The van der Waals surface area contributed by atoms with E-state index in [2.05, 4.69) is 29.6 Å². The highest BCUT2D eigenvalue weighted by Crippen LogP contribution is 2.44. The lowest BCUT2D eigenvalue weighted by Crippen LogP contribution is -2.49. The molecule has 0 aliphatic carbocycles. The van der Waals surface area contributed by atoms with Crippen LogP contribution in [-0.4, -0.2) is 49.4 Å². The van der Waals surface area contributed by atoms with Crippen LogP contribution in [0.1, 0.15) is 30.0 Å². The Balaban J connectivity index is 1.50. The van der Waals surface area contributed by atoms with Crippen LogP contribution in [0.5, 0.6) is 0 Å². The van der Waals surface area contributed by atoms with Crippen molar-refractivity contribution < 1.29 is 9.18 Å². The summed E-state index contributed by atoms with van der Waals surface area (Å²) in [4.78, 5) is 17.1. The summed E-state index contributed by atoms with van der Waals surface area (Å²) in [6.07, 6.45) is 1.93. The summed E-state index contributed by atoms with van der Waals surface area (Å²) in [5, 5.41) is 3.53. The van der Waals surface area contributed by atoms with Gasteiger partial charge in [-0.25, -0.2) is 4.39 Å². The molecule has 0 unspecified atom stereocenters. The van der Waals surface area contributed by atoms with E-state index in [1.54, 1.807) is 12.1 Å². The van der Waals surface area contributed by atoms with E-state index < -0.39 is 0 Å². The second-order valence-electron chi connectivity index (χ2n) is 7.92. The SMILES string of the molecule is CN(C)[C@H](C(=O)N1CCC2(CC1)CNc1ccccc12)c1ccc(F)cc1. The third-order valence-electron chi connectivity index (χ3n) is 6.08. The number of anilines is 1. The number of rotatable bonds is 3. The summed E-state index contributed by atoms with van der Waals surface area (Å²) in [5.74, 6) is -0.184. The number of carbonyl (C=O) groups is 1. The Labute approximate surface area is 160 Å². The number of benzene rings is 2. The molecule has 1 N–H and O–H groups in total. The van der Waals surface area contributed by atoms with Crippen molar-refractivity contribution in [3.8, 4) is 0 Å². The highest BCUT2D eigenvalue weighted by Gasteiger charge is 2.43. The van der Waals surface area contributed by atoms with Crippen molar-refractivity contribution in [1.82, 2.24) is 9.80 Å². The van der Waals surface area contributed by atoms with Crippen LogP contribution in [0.15, 0.2) is 48.5 Å². The van der Waals surface area contributed by atoms with Gasteiger partial charge >= 0.3 is 0 Å². The molecular weight excluding hydrogens is 341 g/mol. The van der Waals surface area contributed by atoms with Crippen molar-refractivity contribution in [1.29, 1.82) is 0 Å². The Morgan fingerprint density at radius 1 is 1.11 bits per heavy atom. The molecular formula is C22H26FN3O. The van der Waals surface area contributed by atoms with Gasteiger partial charge in [0.25, 0.3) is 0 Å². The molecule has 1 saturated heterocycles. The van der Waals surface area contributed by atoms with Gasteiger partial charge in [-0.3, -0.25) is 9.69 Å². The number of hydrogen-bond acceptors (Lipinski definition) is 3.